The molecule has 0 saturated carbocycles. The summed E-state index contributed by atoms with van der Waals surface area (Å²) in [7, 11) is 0. The molecular weight excluding hydrogens is 411 g/mol. The molecule has 3 N–H and O–H groups in total. The molecule has 0 bridgehead atoms. The zero-order valence-corrected chi connectivity index (χ0v) is 18.4. The second-order valence-electron chi connectivity index (χ2n) is 8.23. The molecule has 1 heterocycles. The summed E-state index contributed by atoms with van der Waals surface area (Å²) in [4.78, 5) is 38.6. The van der Waals surface area contributed by atoms with Gasteiger partial charge in [0.1, 0.15) is 5.82 Å². The number of urea groups is 1. The van der Waals surface area contributed by atoms with Crippen LogP contribution in [0.15, 0.2) is 48.5 Å². The van der Waals surface area contributed by atoms with Gasteiger partial charge in [0.15, 0.2) is 0 Å². The standard InChI is InChI=1S/C24H29FN4O3/c1-16(2)27-24(32)26-15-17-3-5-19(6-4-17)23(31)29-13-11-21(12-14-29)28-22(30)18-7-9-20(25)10-8-18/h3-10,16,21H,11-15H2,1-2H3,(H,28,30)(H2,26,27,32). The van der Waals surface area contributed by atoms with Crippen LogP contribution in [0.25, 0.3) is 0 Å². The van der Waals surface area contributed by atoms with Crippen LogP contribution in [0.3, 0.4) is 0 Å². The van der Waals surface area contributed by atoms with Crippen molar-refractivity contribution in [1.82, 2.24) is 20.9 Å². The molecule has 1 saturated heterocycles. The van der Waals surface area contributed by atoms with Crippen molar-refractivity contribution in [2.75, 3.05) is 13.1 Å². The smallest absolute Gasteiger partial charge is 0.315 e. The van der Waals surface area contributed by atoms with Gasteiger partial charge in [-0.25, -0.2) is 9.18 Å². The molecule has 2 aromatic rings. The van der Waals surface area contributed by atoms with E-state index in [0.29, 0.717) is 43.6 Å². The average molecular weight is 441 g/mol. The van der Waals surface area contributed by atoms with Gasteiger partial charge in [-0.1, -0.05) is 12.1 Å². The summed E-state index contributed by atoms with van der Waals surface area (Å²) in [6.45, 7) is 5.26. The Bertz CT molecular complexity index is 937. The van der Waals surface area contributed by atoms with E-state index in [0.717, 1.165) is 5.56 Å². The van der Waals surface area contributed by atoms with Gasteiger partial charge in [0, 0.05) is 42.8 Å². The van der Waals surface area contributed by atoms with E-state index in [1.165, 1.54) is 24.3 Å². The minimum absolute atomic E-state index is 0.0259. The van der Waals surface area contributed by atoms with Crippen molar-refractivity contribution < 1.29 is 18.8 Å². The number of benzene rings is 2. The molecule has 0 spiro atoms. The number of carbonyl (C=O) groups is 3. The predicted molar refractivity (Wildman–Crippen MR) is 120 cm³/mol. The Hall–Kier alpha value is -3.42. The molecule has 0 atom stereocenters. The molecule has 170 valence electrons. The molecule has 1 aliphatic rings. The summed E-state index contributed by atoms with van der Waals surface area (Å²) in [6, 6.07) is 12.4. The van der Waals surface area contributed by atoms with Crippen molar-refractivity contribution in [1.29, 1.82) is 0 Å². The number of likely N-dealkylation sites (tertiary alicyclic amines) is 1. The molecule has 2 aromatic carbocycles. The summed E-state index contributed by atoms with van der Waals surface area (Å²) in [5.41, 5.74) is 1.91. The quantitative estimate of drug-likeness (QED) is 0.645. The lowest BCUT2D eigenvalue weighted by molar-refractivity contribution is 0.0698. The number of amides is 4. The van der Waals surface area contributed by atoms with Crippen LogP contribution in [-0.2, 0) is 6.54 Å². The molecule has 0 aliphatic carbocycles. The Balaban J connectivity index is 1.46. The SMILES string of the molecule is CC(C)NC(=O)NCc1ccc(C(=O)N2CCC(NC(=O)c3ccc(F)cc3)CC2)cc1. The summed E-state index contributed by atoms with van der Waals surface area (Å²) in [6.07, 6.45) is 1.32. The van der Waals surface area contributed by atoms with E-state index in [-0.39, 0.29) is 35.7 Å². The molecular formula is C24H29FN4O3. The van der Waals surface area contributed by atoms with Gasteiger partial charge in [0.2, 0.25) is 0 Å². The van der Waals surface area contributed by atoms with E-state index in [1.54, 1.807) is 17.0 Å². The van der Waals surface area contributed by atoms with Gasteiger partial charge in [-0.3, -0.25) is 9.59 Å². The third-order valence-electron chi connectivity index (χ3n) is 5.30. The highest BCUT2D eigenvalue weighted by atomic mass is 19.1. The maximum absolute atomic E-state index is 13.0. The first-order valence-electron chi connectivity index (χ1n) is 10.8. The van der Waals surface area contributed by atoms with E-state index in [2.05, 4.69) is 16.0 Å². The van der Waals surface area contributed by atoms with Crippen molar-refractivity contribution >= 4 is 17.8 Å². The van der Waals surface area contributed by atoms with Crippen LogP contribution in [0.5, 0.6) is 0 Å². The number of rotatable bonds is 6. The zero-order valence-electron chi connectivity index (χ0n) is 18.4. The first-order chi connectivity index (χ1) is 15.3. The Morgan fingerprint density at radius 3 is 2.16 bits per heavy atom. The fourth-order valence-corrected chi connectivity index (χ4v) is 3.54. The highest BCUT2D eigenvalue weighted by Gasteiger charge is 2.25. The van der Waals surface area contributed by atoms with E-state index < -0.39 is 0 Å². The molecule has 3 rings (SSSR count). The third kappa shape index (κ3) is 6.54. The summed E-state index contributed by atoms with van der Waals surface area (Å²) < 4.78 is 13.0. The molecule has 0 unspecified atom stereocenters. The van der Waals surface area contributed by atoms with Crippen molar-refractivity contribution in [3.8, 4) is 0 Å². The van der Waals surface area contributed by atoms with Gasteiger partial charge < -0.3 is 20.9 Å². The first kappa shape index (κ1) is 23.2. The Morgan fingerprint density at radius 1 is 0.969 bits per heavy atom. The van der Waals surface area contributed by atoms with Crippen LogP contribution in [-0.4, -0.2) is 47.9 Å². The lowest BCUT2D eigenvalue weighted by Gasteiger charge is -2.32. The fraction of sp³-hybridized carbons (Fsp3) is 0.375. The molecule has 0 radical (unpaired) electrons. The normalized spacial score (nSPS) is 14.2. The van der Waals surface area contributed by atoms with E-state index >= 15 is 0 Å². The lowest BCUT2D eigenvalue weighted by atomic mass is 10.0. The Labute approximate surface area is 187 Å². The van der Waals surface area contributed by atoms with Crippen LogP contribution in [0, 0.1) is 5.82 Å². The van der Waals surface area contributed by atoms with Crippen LogP contribution < -0.4 is 16.0 Å². The maximum atomic E-state index is 13.0. The minimum Gasteiger partial charge on any atom is -0.349 e. The minimum atomic E-state index is -0.380. The lowest BCUT2D eigenvalue weighted by Crippen LogP contribution is -2.46. The molecule has 32 heavy (non-hydrogen) atoms. The highest BCUT2D eigenvalue weighted by Crippen LogP contribution is 2.15. The van der Waals surface area contributed by atoms with Crippen LogP contribution >= 0.6 is 0 Å². The predicted octanol–water partition coefficient (Wildman–Crippen LogP) is 3.07. The Morgan fingerprint density at radius 2 is 1.56 bits per heavy atom. The van der Waals surface area contributed by atoms with Gasteiger partial charge in [0.05, 0.1) is 0 Å². The van der Waals surface area contributed by atoms with Gasteiger partial charge in [-0.2, -0.15) is 0 Å². The number of halogens is 1. The van der Waals surface area contributed by atoms with Gasteiger partial charge in [0.25, 0.3) is 11.8 Å². The summed E-state index contributed by atoms with van der Waals surface area (Å²) >= 11 is 0. The fourth-order valence-electron chi connectivity index (χ4n) is 3.54. The number of piperidine rings is 1. The van der Waals surface area contributed by atoms with Crippen molar-refractivity contribution in [2.45, 2.75) is 45.3 Å². The second kappa shape index (κ2) is 10.7. The van der Waals surface area contributed by atoms with Gasteiger partial charge >= 0.3 is 6.03 Å². The Kier molecular flexibility index (Phi) is 7.81. The largest absolute Gasteiger partial charge is 0.349 e. The van der Waals surface area contributed by atoms with Crippen molar-refractivity contribution in [3.05, 3.63) is 71.0 Å². The van der Waals surface area contributed by atoms with E-state index in [4.69, 9.17) is 0 Å². The zero-order chi connectivity index (χ0) is 23.1. The molecule has 7 nitrogen and oxygen atoms in total. The van der Waals surface area contributed by atoms with Crippen LogP contribution in [0.2, 0.25) is 0 Å². The summed E-state index contributed by atoms with van der Waals surface area (Å²) in [5, 5.41) is 8.50. The number of carbonyl (C=O) groups excluding carboxylic acids is 3. The van der Waals surface area contributed by atoms with Crippen LogP contribution in [0.4, 0.5) is 9.18 Å². The van der Waals surface area contributed by atoms with E-state index in [1.807, 2.05) is 26.0 Å². The number of hydrogen-bond donors (Lipinski definition) is 3. The average Bonchev–Trinajstić information content (AvgIpc) is 2.78. The third-order valence-corrected chi connectivity index (χ3v) is 5.30. The number of nitrogens with one attached hydrogen (secondary N) is 3. The molecule has 4 amide bonds. The van der Waals surface area contributed by atoms with Gasteiger partial charge in [-0.15, -0.1) is 0 Å². The van der Waals surface area contributed by atoms with Crippen molar-refractivity contribution in [3.63, 3.8) is 0 Å². The number of nitrogens with zero attached hydrogens (tertiary/aromatic N) is 1. The van der Waals surface area contributed by atoms with Crippen LogP contribution in [0.1, 0.15) is 53.0 Å². The maximum Gasteiger partial charge on any atom is 0.315 e. The van der Waals surface area contributed by atoms with Crippen molar-refractivity contribution in [2.24, 2.45) is 0 Å². The second-order valence-corrected chi connectivity index (χ2v) is 8.23. The molecule has 1 fully saturated rings. The van der Waals surface area contributed by atoms with Gasteiger partial charge in [-0.05, 0) is 68.7 Å². The van der Waals surface area contributed by atoms with E-state index in [9.17, 15) is 18.8 Å². The summed E-state index contributed by atoms with van der Waals surface area (Å²) in [5.74, 6) is -0.666. The molecule has 0 aromatic heterocycles. The molecule has 8 heteroatoms. The first-order valence-corrected chi connectivity index (χ1v) is 10.8. The monoisotopic (exact) mass is 440 g/mol. The molecule has 1 aliphatic heterocycles. The topological polar surface area (TPSA) is 90.5 Å². The highest BCUT2D eigenvalue weighted by molar-refractivity contribution is 5.95. The number of hydrogen-bond acceptors (Lipinski definition) is 3.